The fourth-order valence-corrected chi connectivity index (χ4v) is 3.02. The number of halogens is 1. The second-order valence-electron chi connectivity index (χ2n) is 7.37. The number of rotatable bonds is 10. The quantitative estimate of drug-likeness (QED) is 0.402. The van der Waals surface area contributed by atoms with Crippen molar-refractivity contribution in [3.05, 3.63) is 64.3 Å². The summed E-state index contributed by atoms with van der Waals surface area (Å²) in [5, 5.41) is 16.4. The van der Waals surface area contributed by atoms with Crippen molar-refractivity contribution in [3.63, 3.8) is 0 Å². The molecule has 1 amide bonds. The summed E-state index contributed by atoms with van der Waals surface area (Å²) in [6, 6.07) is 14.3. The van der Waals surface area contributed by atoms with E-state index in [1.807, 2.05) is 31.2 Å². The summed E-state index contributed by atoms with van der Waals surface area (Å²) in [4.78, 5) is 23.6. The zero-order valence-corrected chi connectivity index (χ0v) is 19.0. The Bertz CT molecular complexity index is 1080. The van der Waals surface area contributed by atoms with Crippen molar-refractivity contribution in [1.82, 2.24) is 10.6 Å². The lowest BCUT2D eigenvalue weighted by Crippen LogP contribution is -2.36. The van der Waals surface area contributed by atoms with Crippen LogP contribution in [-0.2, 0) is 4.79 Å². The zero-order chi connectivity index (χ0) is 22.2. The highest BCUT2D eigenvalue weighted by Gasteiger charge is 2.10. The molecule has 172 valence electrons. The number of benzene rings is 2. The maximum atomic E-state index is 12.5. The number of fused-ring (bicyclic) bond motifs is 1. The zero-order valence-electron chi connectivity index (χ0n) is 18.2. The fraction of sp³-hybridized carbons (Fsp3) is 0.333. The Morgan fingerprint density at radius 3 is 2.59 bits per heavy atom. The molecule has 0 saturated carbocycles. The van der Waals surface area contributed by atoms with Crippen LogP contribution in [0.15, 0.2) is 57.7 Å². The second kappa shape index (κ2) is 12.2. The van der Waals surface area contributed by atoms with E-state index < -0.39 is 6.10 Å². The first kappa shape index (κ1) is 25.4. The number of hydrogen-bond acceptors (Lipinski definition) is 6. The van der Waals surface area contributed by atoms with Gasteiger partial charge in [0, 0.05) is 43.8 Å². The average molecular weight is 461 g/mol. The normalized spacial score (nSPS) is 11.6. The van der Waals surface area contributed by atoms with Gasteiger partial charge in [-0.1, -0.05) is 36.8 Å². The number of aliphatic hydroxyl groups is 1. The van der Waals surface area contributed by atoms with Crippen LogP contribution in [0.1, 0.15) is 18.9 Å². The van der Waals surface area contributed by atoms with Gasteiger partial charge in [-0.05, 0) is 19.1 Å². The van der Waals surface area contributed by atoms with E-state index in [0.29, 0.717) is 48.5 Å². The molecule has 3 N–H and O–H groups in total. The van der Waals surface area contributed by atoms with E-state index in [0.717, 1.165) is 11.1 Å². The molecular formula is C24H29ClN2O5. The Balaban J connectivity index is 0.00000363. The summed E-state index contributed by atoms with van der Waals surface area (Å²) in [7, 11) is 0. The molecule has 7 nitrogen and oxygen atoms in total. The number of nitrogens with one attached hydrogen (secondary N) is 2. The van der Waals surface area contributed by atoms with Gasteiger partial charge in [0.15, 0.2) is 5.43 Å². The van der Waals surface area contributed by atoms with Crippen LogP contribution < -0.4 is 20.8 Å². The van der Waals surface area contributed by atoms with Crippen LogP contribution in [0.4, 0.5) is 0 Å². The van der Waals surface area contributed by atoms with Gasteiger partial charge in [-0.2, -0.15) is 0 Å². The minimum Gasteiger partial charge on any atom is -0.491 e. The molecule has 0 fully saturated rings. The highest BCUT2D eigenvalue weighted by atomic mass is 35.5. The van der Waals surface area contributed by atoms with Gasteiger partial charge in [0.05, 0.1) is 5.39 Å². The lowest BCUT2D eigenvalue weighted by atomic mass is 10.1. The molecule has 8 heteroatoms. The molecule has 2 aromatic carbocycles. The summed E-state index contributed by atoms with van der Waals surface area (Å²) in [6.45, 7) is 5.28. The fourth-order valence-electron chi connectivity index (χ4n) is 3.02. The van der Waals surface area contributed by atoms with Gasteiger partial charge in [0.25, 0.3) is 0 Å². The van der Waals surface area contributed by atoms with Gasteiger partial charge in [-0.25, -0.2) is 0 Å². The molecule has 1 heterocycles. The monoisotopic (exact) mass is 460 g/mol. The Kier molecular flexibility index (Phi) is 9.71. The lowest BCUT2D eigenvalue weighted by molar-refractivity contribution is -0.120. The van der Waals surface area contributed by atoms with E-state index in [9.17, 15) is 14.7 Å². The summed E-state index contributed by atoms with van der Waals surface area (Å²) < 4.78 is 11.6. The predicted molar refractivity (Wildman–Crippen MR) is 128 cm³/mol. The van der Waals surface area contributed by atoms with Gasteiger partial charge in [0.2, 0.25) is 5.91 Å². The third kappa shape index (κ3) is 7.09. The first-order valence-electron chi connectivity index (χ1n) is 10.4. The average Bonchev–Trinajstić information content (AvgIpc) is 2.77. The van der Waals surface area contributed by atoms with Crippen LogP contribution in [0.2, 0.25) is 0 Å². The number of aliphatic hydroxyl groups excluding tert-OH is 1. The van der Waals surface area contributed by atoms with Crippen molar-refractivity contribution >= 4 is 29.3 Å². The van der Waals surface area contributed by atoms with Crippen LogP contribution in [0.25, 0.3) is 22.3 Å². The molecule has 3 rings (SSSR count). The Hall–Kier alpha value is -2.87. The number of ether oxygens (including phenoxy) is 1. The summed E-state index contributed by atoms with van der Waals surface area (Å²) in [5.74, 6) is 0.999. The van der Waals surface area contributed by atoms with E-state index in [2.05, 4.69) is 10.6 Å². The third-order valence-corrected chi connectivity index (χ3v) is 4.80. The molecular weight excluding hydrogens is 432 g/mol. The van der Waals surface area contributed by atoms with Crippen molar-refractivity contribution in [2.24, 2.45) is 0 Å². The Morgan fingerprint density at radius 1 is 1.12 bits per heavy atom. The van der Waals surface area contributed by atoms with Crippen molar-refractivity contribution < 1.29 is 19.1 Å². The van der Waals surface area contributed by atoms with Gasteiger partial charge in [-0.15, -0.1) is 12.4 Å². The first-order chi connectivity index (χ1) is 15.0. The van der Waals surface area contributed by atoms with E-state index in [1.165, 1.54) is 6.07 Å². The minimum absolute atomic E-state index is 0. The molecule has 0 bridgehead atoms. The highest BCUT2D eigenvalue weighted by molar-refractivity contribution is 5.85. The van der Waals surface area contributed by atoms with E-state index in [1.54, 1.807) is 25.1 Å². The van der Waals surface area contributed by atoms with E-state index in [-0.39, 0.29) is 30.3 Å². The molecule has 0 aliphatic carbocycles. The van der Waals surface area contributed by atoms with Crippen LogP contribution in [0.5, 0.6) is 5.75 Å². The topological polar surface area (TPSA) is 101 Å². The highest BCUT2D eigenvalue weighted by Crippen LogP contribution is 2.25. The predicted octanol–water partition coefficient (Wildman–Crippen LogP) is 3.05. The number of carbonyl (C=O) groups excluding carboxylic acids is 1. The van der Waals surface area contributed by atoms with Gasteiger partial charge in [0.1, 0.15) is 29.8 Å². The summed E-state index contributed by atoms with van der Waals surface area (Å²) in [5.41, 5.74) is 2.26. The van der Waals surface area contributed by atoms with Crippen LogP contribution >= 0.6 is 12.4 Å². The molecule has 32 heavy (non-hydrogen) atoms. The smallest absolute Gasteiger partial charge is 0.219 e. The van der Waals surface area contributed by atoms with Crippen molar-refractivity contribution in [2.45, 2.75) is 26.4 Å². The van der Waals surface area contributed by atoms with Crippen molar-refractivity contribution in [3.8, 4) is 17.1 Å². The molecule has 0 spiro atoms. The molecule has 1 aromatic heterocycles. The standard InChI is InChI=1S/C24H28N2O5.ClH/c1-3-24(29)26-11-10-25-14-18(27)15-30-19-8-9-20-21(28)13-22(31-23(20)12-19)17-6-4-16(2)5-7-17;/h4-9,12-13,18,25,27H,3,10-11,14-15H2,1-2H3,(H,26,29);1H. The van der Waals surface area contributed by atoms with Crippen molar-refractivity contribution in [2.75, 3.05) is 26.2 Å². The number of hydrogen-bond donors (Lipinski definition) is 3. The van der Waals surface area contributed by atoms with Crippen LogP contribution in [0, 0.1) is 6.92 Å². The van der Waals surface area contributed by atoms with Gasteiger partial charge in [-0.3, -0.25) is 9.59 Å². The minimum atomic E-state index is -0.719. The second-order valence-corrected chi connectivity index (χ2v) is 7.37. The SMILES string of the molecule is CCC(=O)NCCNCC(O)COc1ccc2c(=O)cc(-c3ccc(C)cc3)oc2c1.Cl. The molecule has 1 atom stereocenters. The Labute approximate surface area is 193 Å². The summed E-state index contributed by atoms with van der Waals surface area (Å²) >= 11 is 0. The number of aryl methyl sites for hydroxylation is 1. The maximum absolute atomic E-state index is 12.5. The van der Waals surface area contributed by atoms with Gasteiger partial charge >= 0.3 is 0 Å². The van der Waals surface area contributed by atoms with Crippen molar-refractivity contribution in [1.29, 1.82) is 0 Å². The molecule has 3 aromatic rings. The third-order valence-electron chi connectivity index (χ3n) is 4.80. The molecule has 0 radical (unpaired) electrons. The number of amides is 1. The van der Waals surface area contributed by atoms with Gasteiger partial charge < -0.3 is 24.9 Å². The molecule has 0 aliphatic heterocycles. The van der Waals surface area contributed by atoms with E-state index >= 15 is 0 Å². The molecule has 0 aliphatic rings. The molecule has 0 saturated heterocycles. The molecule has 1 unspecified atom stereocenters. The maximum Gasteiger partial charge on any atom is 0.219 e. The largest absolute Gasteiger partial charge is 0.491 e. The first-order valence-corrected chi connectivity index (χ1v) is 10.4. The summed E-state index contributed by atoms with van der Waals surface area (Å²) in [6.07, 6.45) is -0.266. The number of carbonyl (C=O) groups is 1. The lowest BCUT2D eigenvalue weighted by Gasteiger charge is -2.14. The Morgan fingerprint density at radius 2 is 1.88 bits per heavy atom. The van der Waals surface area contributed by atoms with Crippen LogP contribution in [-0.4, -0.2) is 43.4 Å². The van der Waals surface area contributed by atoms with E-state index in [4.69, 9.17) is 9.15 Å². The van der Waals surface area contributed by atoms with Crippen LogP contribution in [0.3, 0.4) is 0 Å².